The number of guanidine groups is 4. The van der Waals surface area contributed by atoms with Gasteiger partial charge >= 0.3 is 12.2 Å². The minimum absolute atomic E-state index is 0. The number of rotatable bonds is 4. The smallest absolute Gasteiger partial charge is 0.404 e. The molecule has 6 heterocycles. The van der Waals surface area contributed by atoms with Gasteiger partial charge in [0.15, 0.2) is 35.2 Å². The van der Waals surface area contributed by atoms with Gasteiger partial charge in [-0.3, -0.25) is 0 Å². The van der Waals surface area contributed by atoms with E-state index in [1.807, 2.05) is 0 Å². The first-order valence-corrected chi connectivity index (χ1v) is 12.9. The Hall–Kier alpha value is -4.62. The van der Waals surface area contributed by atoms with Crippen LogP contribution < -0.4 is 45.0 Å². The van der Waals surface area contributed by atoms with E-state index in [9.17, 15) is 40.2 Å². The highest BCUT2D eigenvalue weighted by molar-refractivity contribution is 5.88. The lowest BCUT2D eigenvalue weighted by Gasteiger charge is -2.48. The number of carbonyl (C=O) groups excluding carboxylic acids is 2. The van der Waals surface area contributed by atoms with E-state index in [4.69, 9.17) is 43.9 Å². The zero-order valence-electron chi connectivity index (χ0n) is 22.8. The van der Waals surface area contributed by atoms with Crippen LogP contribution in [0.3, 0.4) is 0 Å². The second-order valence-corrected chi connectivity index (χ2v) is 10.8. The van der Waals surface area contributed by atoms with E-state index in [0.29, 0.717) is 0 Å². The van der Waals surface area contributed by atoms with Crippen molar-refractivity contribution in [3.05, 3.63) is 0 Å². The van der Waals surface area contributed by atoms with Gasteiger partial charge in [0.05, 0.1) is 13.1 Å². The Kier molecular flexibility index (Phi) is 7.97. The molecule has 0 bridgehead atoms. The molecule has 8 atom stereocenters. The Morgan fingerprint density at radius 2 is 1.07 bits per heavy atom. The second-order valence-electron chi connectivity index (χ2n) is 10.8. The molecule has 0 radical (unpaired) electrons. The number of aliphatic hydroxyl groups excluding tert-OH is 2. The SMILES string of the molecule is C.NC(=O)OC[C@@H]1N=C(N)N2C[C@H](O)C(O)(O)[C@@]23NC(N)=N[C@@H]13.NC(=O)OC[C@@H]1N=C(N)N2C[C@H](O)C(O)(O)[C@@]23NC(N)=N[C@@H]13. The van der Waals surface area contributed by atoms with Gasteiger partial charge in [-0.05, 0) is 0 Å². The fraction of sp³-hybridized carbons (Fsp3) is 0.714. The number of nitrogens with one attached hydrogen (secondary N) is 2. The van der Waals surface area contributed by atoms with Crippen molar-refractivity contribution >= 4 is 36.0 Å². The normalized spacial score (nSPS) is 37.6. The lowest BCUT2D eigenvalue weighted by atomic mass is 9.86. The summed E-state index contributed by atoms with van der Waals surface area (Å²) in [7, 11) is 0. The quantitative estimate of drug-likeness (QED) is 0.126. The van der Waals surface area contributed by atoms with Gasteiger partial charge in [0.2, 0.25) is 11.6 Å². The van der Waals surface area contributed by atoms with Gasteiger partial charge in [-0.2, -0.15) is 0 Å². The maximum Gasteiger partial charge on any atom is 0.404 e. The largest absolute Gasteiger partial charge is 0.447 e. The standard InChI is InChI=1S/2C10H17N7O5.CH4/c2*11-6-15-5-3(2-22-8(13)19)14-7(12)17-1-4(18)10(20,21)9(5,17)16-6;/h2*3-5,18,20-21H,1-2H2,(H2,12,14)(H2,13,19)(H3,11,15,16);1H4/t2*3-,4-,5-,9-;/m00./s1. The molecule has 0 aliphatic carbocycles. The molecule has 24 heteroatoms. The van der Waals surface area contributed by atoms with Crippen molar-refractivity contribution in [3.63, 3.8) is 0 Å². The van der Waals surface area contributed by atoms with Crippen molar-refractivity contribution in [2.75, 3.05) is 26.3 Å². The first kappa shape index (κ1) is 33.3. The average molecular weight is 647 g/mol. The summed E-state index contributed by atoms with van der Waals surface area (Å²) in [6.07, 6.45) is -5.10. The summed E-state index contributed by atoms with van der Waals surface area (Å²) in [5.41, 5.74) is 29.4. The molecular weight excluding hydrogens is 608 g/mol. The summed E-state index contributed by atoms with van der Waals surface area (Å²) >= 11 is 0. The summed E-state index contributed by atoms with van der Waals surface area (Å²) in [4.78, 5) is 40.5. The van der Waals surface area contributed by atoms with Crippen LogP contribution in [0.15, 0.2) is 20.0 Å². The molecule has 2 saturated heterocycles. The third kappa shape index (κ3) is 4.60. The monoisotopic (exact) mass is 646 g/mol. The summed E-state index contributed by atoms with van der Waals surface area (Å²) in [5.74, 6) is -5.51. The zero-order valence-corrected chi connectivity index (χ0v) is 22.8. The van der Waals surface area contributed by atoms with Crippen LogP contribution in [0.25, 0.3) is 0 Å². The van der Waals surface area contributed by atoms with Crippen molar-refractivity contribution in [2.45, 2.75) is 66.7 Å². The van der Waals surface area contributed by atoms with Crippen LogP contribution in [0.5, 0.6) is 0 Å². The third-order valence-electron chi connectivity index (χ3n) is 8.33. The van der Waals surface area contributed by atoms with E-state index >= 15 is 0 Å². The number of hydrogen-bond donors (Lipinski definition) is 14. The van der Waals surface area contributed by atoms with Crippen molar-refractivity contribution < 1.29 is 49.7 Å². The van der Waals surface area contributed by atoms with Gasteiger partial charge in [0.25, 0.3) is 0 Å². The summed E-state index contributed by atoms with van der Waals surface area (Å²) in [6.45, 7) is -0.919. The lowest BCUT2D eigenvalue weighted by Crippen LogP contribution is -2.77. The molecule has 6 aliphatic heterocycles. The Labute approximate surface area is 254 Å². The summed E-state index contributed by atoms with van der Waals surface area (Å²) in [6, 6.07) is -3.60. The number of hydrogen-bond acceptors (Lipinski definition) is 22. The molecule has 0 aromatic carbocycles. The van der Waals surface area contributed by atoms with E-state index in [2.05, 4.69) is 30.6 Å². The van der Waals surface area contributed by atoms with Crippen LogP contribution in [-0.2, 0) is 9.47 Å². The molecule has 2 spiro atoms. The Morgan fingerprint density at radius 3 is 1.38 bits per heavy atom. The molecule has 252 valence electrons. The van der Waals surface area contributed by atoms with Gasteiger partial charge in [-0.1, -0.05) is 7.43 Å². The second kappa shape index (κ2) is 10.8. The van der Waals surface area contributed by atoms with Crippen molar-refractivity contribution in [3.8, 4) is 0 Å². The predicted octanol–water partition coefficient (Wildman–Crippen LogP) is -9.13. The minimum atomic E-state index is -2.60. The molecule has 0 aromatic rings. The highest BCUT2D eigenvalue weighted by Crippen LogP contribution is 2.46. The number of nitrogens with two attached hydrogens (primary N) is 6. The number of carbonyl (C=O) groups is 2. The lowest BCUT2D eigenvalue weighted by molar-refractivity contribution is -0.257. The Balaban J connectivity index is 0.000000200. The average Bonchev–Trinajstić information content (AvgIpc) is 3.58. The molecule has 0 saturated carbocycles. The first-order valence-electron chi connectivity index (χ1n) is 12.9. The number of ether oxygens (including phenoxy) is 2. The van der Waals surface area contributed by atoms with Gasteiger partial charge < -0.3 is 94.9 Å². The highest BCUT2D eigenvalue weighted by atomic mass is 16.6. The number of aliphatic hydroxyl groups is 6. The van der Waals surface area contributed by atoms with Crippen LogP contribution in [0, 0.1) is 0 Å². The molecular formula is C21H38N14O10. The summed E-state index contributed by atoms with van der Waals surface area (Å²) in [5, 5.41) is 66.7. The maximum absolute atomic E-state index is 10.8. The molecule has 2 amide bonds. The van der Waals surface area contributed by atoms with E-state index in [0.717, 1.165) is 0 Å². The zero-order chi connectivity index (χ0) is 32.6. The Morgan fingerprint density at radius 1 is 0.733 bits per heavy atom. The van der Waals surface area contributed by atoms with Crippen LogP contribution >= 0.6 is 0 Å². The van der Waals surface area contributed by atoms with E-state index in [1.165, 1.54) is 9.80 Å². The molecule has 0 unspecified atom stereocenters. The molecule has 45 heavy (non-hydrogen) atoms. The minimum Gasteiger partial charge on any atom is -0.447 e. The van der Waals surface area contributed by atoms with E-state index in [-0.39, 0.29) is 57.6 Å². The van der Waals surface area contributed by atoms with Gasteiger partial charge in [0, 0.05) is 0 Å². The van der Waals surface area contributed by atoms with Crippen LogP contribution in [-0.4, -0.2) is 162 Å². The number of primary amides is 2. The Bertz CT molecular complexity index is 1260. The highest BCUT2D eigenvalue weighted by Gasteiger charge is 2.74. The van der Waals surface area contributed by atoms with Crippen LogP contribution in [0.1, 0.15) is 7.43 Å². The van der Waals surface area contributed by atoms with Crippen molar-refractivity contribution in [1.29, 1.82) is 0 Å². The van der Waals surface area contributed by atoms with Gasteiger partial charge in [0.1, 0.15) is 49.6 Å². The molecule has 24 nitrogen and oxygen atoms in total. The number of amides is 2. The molecule has 6 aliphatic rings. The molecule has 0 aromatic heterocycles. The summed E-state index contributed by atoms with van der Waals surface area (Å²) < 4.78 is 9.41. The molecule has 6 rings (SSSR count). The van der Waals surface area contributed by atoms with Crippen molar-refractivity contribution in [2.24, 2.45) is 54.4 Å². The molecule has 20 N–H and O–H groups in total. The maximum atomic E-state index is 10.8. The number of nitrogens with zero attached hydrogens (tertiary/aromatic N) is 6. The van der Waals surface area contributed by atoms with E-state index < -0.39 is 71.5 Å². The number of aliphatic imine (C=N–C) groups is 4. The third-order valence-corrected chi connectivity index (χ3v) is 8.33. The van der Waals surface area contributed by atoms with Crippen molar-refractivity contribution in [1.82, 2.24) is 20.4 Å². The molecule has 2 fully saturated rings. The van der Waals surface area contributed by atoms with Gasteiger partial charge in [-0.25, -0.2) is 29.6 Å². The fourth-order valence-electron chi connectivity index (χ4n) is 6.45. The predicted molar refractivity (Wildman–Crippen MR) is 151 cm³/mol. The topological polar surface area (TPSA) is 410 Å². The first-order chi connectivity index (χ1) is 20.4. The van der Waals surface area contributed by atoms with E-state index in [1.54, 1.807) is 0 Å². The van der Waals surface area contributed by atoms with Crippen LogP contribution in [0.4, 0.5) is 9.59 Å². The van der Waals surface area contributed by atoms with Crippen LogP contribution in [0.2, 0.25) is 0 Å². The fourth-order valence-corrected chi connectivity index (χ4v) is 6.45. The van der Waals surface area contributed by atoms with Gasteiger partial charge in [-0.15, -0.1) is 0 Å².